The molecule has 0 amide bonds. The van der Waals surface area contributed by atoms with Crippen molar-refractivity contribution in [3.05, 3.63) is 81.4 Å². The highest BCUT2D eigenvalue weighted by Gasteiger charge is 2.63. The number of hydrogen-bond acceptors (Lipinski definition) is 0. The quantitative estimate of drug-likeness (QED) is 0.323. The molecule has 3 unspecified atom stereocenters. The number of rotatable bonds is 3. The Morgan fingerprint density at radius 2 is 1.22 bits per heavy atom. The van der Waals surface area contributed by atoms with Crippen LogP contribution in [-0.4, -0.2) is 0 Å². The average Bonchev–Trinajstić information content (AvgIpc) is 3.64. The number of fused-ring (bicyclic) bond motifs is 5. The van der Waals surface area contributed by atoms with E-state index in [2.05, 4.69) is 97.9 Å². The molecule has 244 valence electrons. The molecule has 8 aliphatic carbocycles. The van der Waals surface area contributed by atoms with Crippen molar-refractivity contribution in [2.24, 2.45) is 46.3 Å². The van der Waals surface area contributed by atoms with Crippen LogP contribution in [0.5, 0.6) is 0 Å². The van der Waals surface area contributed by atoms with E-state index < -0.39 is 0 Å². The van der Waals surface area contributed by atoms with Crippen LogP contribution in [-0.2, 0) is 10.8 Å². The molecule has 5 fully saturated rings. The van der Waals surface area contributed by atoms with Gasteiger partial charge in [0.2, 0.25) is 0 Å². The minimum atomic E-state index is 0.142. The molecule has 10 rings (SSSR count). The number of benzene rings is 2. The lowest BCUT2D eigenvalue weighted by molar-refractivity contribution is -0.0318. The van der Waals surface area contributed by atoms with E-state index >= 15 is 0 Å². The zero-order chi connectivity index (χ0) is 32.0. The fourth-order valence-electron chi connectivity index (χ4n) is 13.7. The van der Waals surface area contributed by atoms with Gasteiger partial charge in [0, 0.05) is 11.3 Å². The average molecular weight is 613 g/mol. The predicted molar refractivity (Wildman–Crippen MR) is 194 cm³/mol. The van der Waals surface area contributed by atoms with Crippen LogP contribution >= 0.6 is 0 Å². The lowest BCUT2D eigenvalue weighted by Gasteiger charge is -2.58. The van der Waals surface area contributed by atoms with Gasteiger partial charge in [0.1, 0.15) is 0 Å². The molecule has 0 heteroatoms. The fourth-order valence-corrected chi connectivity index (χ4v) is 13.7. The highest BCUT2D eigenvalue weighted by molar-refractivity contribution is 5.82. The Balaban J connectivity index is 1.25. The third kappa shape index (κ3) is 4.03. The van der Waals surface area contributed by atoms with Crippen molar-refractivity contribution in [1.29, 1.82) is 0 Å². The third-order valence-electron chi connectivity index (χ3n) is 15.2. The van der Waals surface area contributed by atoms with E-state index in [-0.39, 0.29) is 16.2 Å². The minimum absolute atomic E-state index is 0.142. The van der Waals surface area contributed by atoms with Gasteiger partial charge in [-0.15, -0.1) is 0 Å². The molecule has 0 spiro atoms. The highest BCUT2D eigenvalue weighted by atomic mass is 14.7. The molecule has 0 radical (unpaired) electrons. The van der Waals surface area contributed by atoms with Crippen LogP contribution in [0, 0.1) is 46.3 Å². The first kappa shape index (κ1) is 30.0. The summed E-state index contributed by atoms with van der Waals surface area (Å²) in [6.07, 6.45) is 19.1. The molecular weight excluding hydrogens is 553 g/mol. The lowest BCUT2D eigenvalue weighted by Crippen LogP contribution is -2.47. The van der Waals surface area contributed by atoms with Gasteiger partial charge in [-0.2, -0.15) is 0 Å². The van der Waals surface area contributed by atoms with Gasteiger partial charge < -0.3 is 0 Å². The second-order valence-corrected chi connectivity index (χ2v) is 20.1. The van der Waals surface area contributed by atoms with Crippen molar-refractivity contribution in [1.82, 2.24) is 0 Å². The molecule has 0 nitrogen and oxygen atoms in total. The molecule has 2 aromatic rings. The van der Waals surface area contributed by atoms with Crippen LogP contribution in [0.2, 0.25) is 0 Å². The van der Waals surface area contributed by atoms with Gasteiger partial charge in [0.05, 0.1) is 0 Å². The Morgan fingerprint density at radius 1 is 0.696 bits per heavy atom. The Kier molecular flexibility index (Phi) is 6.37. The van der Waals surface area contributed by atoms with Gasteiger partial charge in [-0.3, -0.25) is 0 Å². The van der Waals surface area contributed by atoms with Gasteiger partial charge in [0.25, 0.3) is 0 Å². The third-order valence-corrected chi connectivity index (χ3v) is 15.2. The van der Waals surface area contributed by atoms with E-state index in [4.69, 9.17) is 0 Å². The molecule has 0 N–H and O–H groups in total. The largest absolute Gasteiger partial charge is 0.0619 e. The second kappa shape index (κ2) is 9.76. The summed E-state index contributed by atoms with van der Waals surface area (Å²) >= 11 is 0. The summed E-state index contributed by atoms with van der Waals surface area (Å²) in [6.45, 7) is 19.6. The van der Waals surface area contributed by atoms with Gasteiger partial charge in [0.15, 0.2) is 0 Å². The first-order valence-corrected chi connectivity index (χ1v) is 19.5. The first-order valence-electron chi connectivity index (χ1n) is 19.5. The predicted octanol–water partition coefficient (Wildman–Crippen LogP) is 12.7. The zero-order valence-corrected chi connectivity index (χ0v) is 30.4. The molecule has 8 aliphatic rings. The maximum absolute atomic E-state index is 2.95. The topological polar surface area (TPSA) is 0 Å². The Hall–Kier alpha value is -2.08. The Bertz CT molecular complexity index is 1560. The maximum Gasteiger partial charge on any atom is 0.0204 e. The SMILES string of the molecule is CC(C)C1(C2c3ccc(C(C)(C)C)cc3-c3cc(C(C)(C)C)ccc32)C2=C(CC(C34CC5CC(CC(C5)C3)C4)=C2)C2CCCCC21. The second-order valence-electron chi connectivity index (χ2n) is 20.1. The van der Waals surface area contributed by atoms with Gasteiger partial charge in [-0.05, 0) is 148 Å². The van der Waals surface area contributed by atoms with Gasteiger partial charge >= 0.3 is 0 Å². The summed E-state index contributed by atoms with van der Waals surface area (Å²) in [5, 5.41) is 0. The van der Waals surface area contributed by atoms with Crippen LogP contribution in [0.15, 0.2) is 59.2 Å². The van der Waals surface area contributed by atoms with E-state index in [9.17, 15) is 0 Å². The molecule has 2 aromatic carbocycles. The van der Waals surface area contributed by atoms with E-state index in [1.807, 2.05) is 16.7 Å². The van der Waals surface area contributed by atoms with E-state index in [0.717, 1.165) is 29.6 Å². The normalized spacial score (nSPS) is 36.3. The molecule has 0 saturated heterocycles. The van der Waals surface area contributed by atoms with Crippen molar-refractivity contribution in [3.8, 4) is 11.1 Å². The summed E-state index contributed by atoms with van der Waals surface area (Å²) in [5.41, 5.74) is 16.0. The maximum atomic E-state index is 2.95. The van der Waals surface area contributed by atoms with E-state index in [1.54, 1.807) is 41.5 Å². The fraction of sp³-hybridized carbons (Fsp3) is 0.652. The summed E-state index contributed by atoms with van der Waals surface area (Å²) in [5.74, 6) is 5.67. The molecule has 3 atom stereocenters. The molecule has 0 aliphatic heterocycles. The molecule has 0 heterocycles. The lowest BCUT2D eigenvalue weighted by atomic mass is 9.47. The van der Waals surface area contributed by atoms with E-state index in [0.29, 0.717) is 17.3 Å². The Morgan fingerprint density at radius 3 is 1.72 bits per heavy atom. The van der Waals surface area contributed by atoms with Crippen molar-refractivity contribution in [2.45, 2.75) is 143 Å². The summed E-state index contributed by atoms with van der Waals surface area (Å²) in [6, 6.07) is 15.5. The monoisotopic (exact) mass is 612 g/mol. The van der Waals surface area contributed by atoms with Crippen molar-refractivity contribution in [2.75, 3.05) is 0 Å². The molecule has 5 saturated carbocycles. The van der Waals surface area contributed by atoms with Crippen LogP contribution in [0.25, 0.3) is 11.1 Å². The van der Waals surface area contributed by atoms with Crippen LogP contribution in [0.1, 0.15) is 154 Å². The highest BCUT2D eigenvalue weighted by Crippen LogP contribution is 2.73. The number of hydrogen-bond donors (Lipinski definition) is 0. The molecule has 0 aromatic heterocycles. The zero-order valence-electron chi connectivity index (χ0n) is 30.4. The van der Waals surface area contributed by atoms with Crippen molar-refractivity contribution < 1.29 is 0 Å². The summed E-state index contributed by atoms with van der Waals surface area (Å²) in [7, 11) is 0. The van der Waals surface area contributed by atoms with E-state index in [1.165, 1.54) is 62.5 Å². The minimum Gasteiger partial charge on any atom is -0.0619 e. The van der Waals surface area contributed by atoms with Crippen LogP contribution in [0.4, 0.5) is 0 Å². The molecule has 4 bridgehead atoms. The Labute approximate surface area is 280 Å². The number of allylic oxidation sites excluding steroid dienone is 4. The smallest absolute Gasteiger partial charge is 0.0204 e. The van der Waals surface area contributed by atoms with Gasteiger partial charge in [-0.25, -0.2) is 0 Å². The van der Waals surface area contributed by atoms with Crippen LogP contribution in [0.3, 0.4) is 0 Å². The van der Waals surface area contributed by atoms with Crippen molar-refractivity contribution >= 4 is 0 Å². The summed E-state index contributed by atoms with van der Waals surface area (Å²) in [4.78, 5) is 0. The molecular formula is C46H60. The standard InChI is InChI=1S/C46H60/c1-27(2)46(42-35-15-13-31(43(3,4)5)20-37(35)38-21-32(44(6,7)8)14-16-36(38)42)40-12-10-9-11-34(40)39-22-33(23-41(39)46)45-24-28-17-29(25-45)19-30(18-28)26-45/h13-16,20-21,23,27-30,34,40,42H,9-12,17-19,22,24-26H2,1-8H3. The van der Waals surface area contributed by atoms with Gasteiger partial charge in [-0.1, -0.05) is 122 Å². The molecule has 46 heavy (non-hydrogen) atoms. The summed E-state index contributed by atoms with van der Waals surface area (Å²) < 4.78 is 0. The van der Waals surface area contributed by atoms with Crippen molar-refractivity contribution in [3.63, 3.8) is 0 Å². The van der Waals surface area contributed by atoms with Crippen LogP contribution < -0.4 is 0 Å². The first-order chi connectivity index (χ1) is 21.8.